The Bertz CT molecular complexity index is 1840. The summed E-state index contributed by atoms with van der Waals surface area (Å²) < 4.78 is 115. The predicted octanol–water partition coefficient (Wildman–Crippen LogP) is 9.48. The van der Waals surface area contributed by atoms with E-state index < -0.39 is 54.7 Å². The van der Waals surface area contributed by atoms with Crippen molar-refractivity contribution in [3.8, 4) is 11.8 Å². The minimum Gasteiger partial charge on any atom is -0.493 e. The molecule has 0 aliphatic carbocycles. The molecule has 2 unspecified atom stereocenters. The number of rotatable bonds is 13. The van der Waals surface area contributed by atoms with Gasteiger partial charge < -0.3 is 4.74 Å². The topological polar surface area (TPSA) is 53.3 Å². The third kappa shape index (κ3) is 9.78. The fraction of sp³-hybridized carbons (Fsp3) is 0.278. The van der Waals surface area contributed by atoms with Gasteiger partial charge in [-0.2, -0.15) is 31.6 Å². The summed E-state index contributed by atoms with van der Waals surface area (Å²) in [6.07, 6.45) is -8.50. The summed E-state index contributed by atoms with van der Waals surface area (Å²) in [6.45, 7) is 0.579. The molecule has 0 saturated carbocycles. The Morgan fingerprint density at radius 3 is 2.04 bits per heavy atom. The van der Waals surface area contributed by atoms with Crippen molar-refractivity contribution < 1.29 is 39.7 Å². The van der Waals surface area contributed by atoms with Crippen molar-refractivity contribution in [3.63, 3.8) is 0 Å². The van der Waals surface area contributed by atoms with Gasteiger partial charge in [-0.25, -0.2) is 4.39 Å². The molecule has 4 rings (SSSR count). The van der Waals surface area contributed by atoms with Crippen LogP contribution in [-0.2, 0) is 22.2 Å². The van der Waals surface area contributed by atoms with Gasteiger partial charge in [0.25, 0.3) is 0 Å². The van der Waals surface area contributed by atoms with Crippen LogP contribution in [0.15, 0.2) is 95.9 Å². The summed E-state index contributed by atoms with van der Waals surface area (Å²) in [5.41, 5.74) is 0.172. The number of halogens is 8. The van der Waals surface area contributed by atoms with Crippen LogP contribution in [0.25, 0.3) is 0 Å². The van der Waals surface area contributed by atoms with E-state index in [9.17, 15) is 30.6 Å². The van der Waals surface area contributed by atoms with E-state index in [1.165, 1.54) is 12.1 Å². The molecule has 0 saturated heterocycles. The summed E-state index contributed by atoms with van der Waals surface area (Å²) in [5, 5.41) is 8.74. The molecule has 0 bridgehead atoms. The van der Waals surface area contributed by atoms with E-state index in [0.717, 1.165) is 35.6 Å². The molecule has 4 nitrogen and oxygen atoms in total. The second kappa shape index (κ2) is 15.7. The first-order valence-electron chi connectivity index (χ1n) is 14.9. The van der Waals surface area contributed by atoms with Crippen molar-refractivity contribution in [1.82, 2.24) is 4.90 Å². The molecule has 0 aliphatic rings. The van der Waals surface area contributed by atoms with Crippen LogP contribution < -0.4 is 4.74 Å². The minimum absolute atomic E-state index is 0.0405. The molecule has 0 amide bonds. The first kappa shape index (κ1) is 37.8. The predicted molar refractivity (Wildman–Crippen MR) is 177 cm³/mol. The number of alkyl halides is 6. The normalized spacial score (nSPS) is 14.0. The molecular formula is C36H32ClF7N2O2S. The van der Waals surface area contributed by atoms with Crippen molar-refractivity contribution in [2.75, 3.05) is 26.0 Å². The Morgan fingerprint density at radius 1 is 0.939 bits per heavy atom. The van der Waals surface area contributed by atoms with E-state index >= 15 is 4.39 Å². The highest BCUT2D eigenvalue weighted by Gasteiger charge is 2.44. The molecule has 0 aliphatic heterocycles. The lowest BCUT2D eigenvalue weighted by molar-refractivity contribution is -0.139. The molecule has 2 atom stereocenters. The molecule has 4 aromatic rings. The van der Waals surface area contributed by atoms with Gasteiger partial charge in [0.1, 0.15) is 11.6 Å². The maximum absolute atomic E-state index is 15.1. The lowest BCUT2D eigenvalue weighted by atomic mass is 9.90. The molecule has 0 spiro atoms. The first-order valence-corrected chi connectivity index (χ1v) is 17.4. The molecule has 0 N–H and O–H groups in total. The molecule has 0 heterocycles. The van der Waals surface area contributed by atoms with E-state index in [1.807, 2.05) is 65.6 Å². The standard InChI is InChI=1S/C36H32ClF7N2O2S/c1-49(2,47)32-20-27(19-31(38)33(32)30(21-45)36(42,43)44)48-18-10-17-46(22-26-15-9-16-29(34(26)37)35(39,40)41)23-28(24-11-5-3-6-12-24)25-13-7-4-8-14-25/h3-9,11-16,19-20,28,30H,1,10,17-18,22-23H2,2H3. The molecule has 0 radical (unpaired) electrons. The lowest BCUT2D eigenvalue weighted by Crippen LogP contribution is -2.31. The van der Waals surface area contributed by atoms with Crippen LogP contribution >= 0.6 is 11.6 Å². The maximum atomic E-state index is 15.1. The highest BCUT2D eigenvalue weighted by atomic mass is 35.5. The fourth-order valence-electron chi connectivity index (χ4n) is 5.50. The van der Waals surface area contributed by atoms with Crippen LogP contribution in [0.2, 0.25) is 5.02 Å². The van der Waals surface area contributed by atoms with Crippen LogP contribution in [0.5, 0.6) is 5.75 Å². The van der Waals surface area contributed by atoms with Crippen molar-refractivity contribution >= 4 is 27.0 Å². The third-order valence-corrected chi connectivity index (χ3v) is 9.50. The Balaban J connectivity index is 1.61. The molecule has 49 heavy (non-hydrogen) atoms. The van der Waals surface area contributed by atoms with E-state index in [-0.39, 0.29) is 43.3 Å². The summed E-state index contributed by atoms with van der Waals surface area (Å²) in [4.78, 5) is 1.33. The van der Waals surface area contributed by atoms with Gasteiger partial charge in [-0.3, -0.25) is 9.11 Å². The zero-order valence-corrected chi connectivity index (χ0v) is 27.8. The Morgan fingerprint density at radius 2 is 1.53 bits per heavy atom. The monoisotopic (exact) mass is 724 g/mol. The SMILES string of the molecule is C=S(C)(=O)c1cc(OCCCN(Cc2cccc(C(F)(F)F)c2Cl)CC(c2ccccc2)c2ccccc2)cc(F)c1C(C#N)C(F)(F)F. The van der Waals surface area contributed by atoms with E-state index in [0.29, 0.717) is 12.6 Å². The number of ether oxygens (including phenoxy) is 1. The van der Waals surface area contributed by atoms with Gasteiger partial charge in [0.2, 0.25) is 0 Å². The van der Waals surface area contributed by atoms with Gasteiger partial charge in [-0.15, -0.1) is 0 Å². The van der Waals surface area contributed by atoms with Gasteiger partial charge in [0.05, 0.1) is 23.3 Å². The maximum Gasteiger partial charge on any atom is 0.417 e. The van der Waals surface area contributed by atoms with E-state index in [2.05, 4.69) is 5.87 Å². The van der Waals surface area contributed by atoms with Gasteiger partial charge in [0.15, 0.2) is 5.92 Å². The quantitative estimate of drug-likeness (QED) is 0.0784. The largest absolute Gasteiger partial charge is 0.493 e. The van der Waals surface area contributed by atoms with Crippen LogP contribution in [-0.4, -0.2) is 47.1 Å². The number of hydrogen-bond acceptors (Lipinski definition) is 4. The Kier molecular flexibility index (Phi) is 12.1. The Labute approximate surface area is 285 Å². The van der Waals surface area contributed by atoms with Crippen molar-refractivity contribution in [3.05, 3.63) is 130 Å². The van der Waals surface area contributed by atoms with Crippen LogP contribution in [0.3, 0.4) is 0 Å². The van der Waals surface area contributed by atoms with Gasteiger partial charge in [-0.05, 0) is 50.6 Å². The highest BCUT2D eigenvalue weighted by molar-refractivity contribution is 7.99. The molecule has 0 fully saturated rings. The average molecular weight is 725 g/mol. The zero-order valence-electron chi connectivity index (χ0n) is 26.2. The van der Waals surface area contributed by atoms with Gasteiger partial charge in [0, 0.05) is 48.3 Å². The lowest BCUT2D eigenvalue weighted by Gasteiger charge is -2.29. The molecule has 4 aromatic carbocycles. The van der Waals surface area contributed by atoms with Crippen LogP contribution in [0.1, 0.15) is 46.1 Å². The molecular weight excluding hydrogens is 693 g/mol. The van der Waals surface area contributed by atoms with Crippen molar-refractivity contribution in [2.24, 2.45) is 0 Å². The smallest absolute Gasteiger partial charge is 0.417 e. The van der Waals surface area contributed by atoms with Crippen molar-refractivity contribution in [1.29, 1.82) is 5.26 Å². The van der Waals surface area contributed by atoms with Gasteiger partial charge in [-0.1, -0.05) is 84.4 Å². The summed E-state index contributed by atoms with van der Waals surface area (Å²) in [6, 6.07) is 25.6. The van der Waals surface area contributed by atoms with E-state index in [1.54, 1.807) is 0 Å². The second-order valence-corrected chi connectivity index (χ2v) is 14.3. The first-order chi connectivity index (χ1) is 23.0. The average Bonchev–Trinajstić information content (AvgIpc) is 3.03. The summed E-state index contributed by atoms with van der Waals surface area (Å²) in [7, 11) is -3.43. The minimum atomic E-state index is -5.12. The number of nitrogens with zero attached hydrogens (tertiary/aromatic N) is 2. The van der Waals surface area contributed by atoms with Crippen LogP contribution in [0.4, 0.5) is 30.7 Å². The summed E-state index contributed by atoms with van der Waals surface area (Å²) in [5.74, 6) is -1.29. The molecule has 0 aromatic heterocycles. The molecule has 260 valence electrons. The van der Waals surface area contributed by atoms with Crippen molar-refractivity contribution in [2.45, 2.75) is 42.0 Å². The van der Waals surface area contributed by atoms with Crippen LogP contribution in [0, 0.1) is 17.1 Å². The number of benzene rings is 4. The van der Waals surface area contributed by atoms with E-state index in [4.69, 9.17) is 21.6 Å². The summed E-state index contributed by atoms with van der Waals surface area (Å²) >= 11 is 6.26. The number of hydrogen-bond donors (Lipinski definition) is 0. The fourth-order valence-corrected chi connectivity index (χ4v) is 6.84. The third-order valence-electron chi connectivity index (χ3n) is 7.79. The Hall–Kier alpha value is -4.05. The zero-order chi connectivity index (χ0) is 36.0. The number of nitriles is 1. The second-order valence-electron chi connectivity index (χ2n) is 11.5. The highest BCUT2D eigenvalue weighted by Crippen LogP contribution is 2.41. The molecule has 13 heteroatoms. The van der Waals surface area contributed by atoms with Gasteiger partial charge >= 0.3 is 12.4 Å².